The lowest BCUT2D eigenvalue weighted by atomic mass is 10.1. The summed E-state index contributed by atoms with van der Waals surface area (Å²) < 4.78 is 0. The lowest BCUT2D eigenvalue weighted by Gasteiger charge is -2.13. The molecule has 1 aromatic heterocycles. The second kappa shape index (κ2) is 6.37. The van der Waals surface area contributed by atoms with Crippen LogP contribution in [0.1, 0.15) is 37.6 Å². The van der Waals surface area contributed by atoms with Crippen LogP contribution in [0.2, 0.25) is 0 Å². The fraction of sp³-hybridized carbons (Fsp3) is 0.125. The summed E-state index contributed by atoms with van der Waals surface area (Å²) in [5.74, 6) is -1.84. The number of benzene rings is 1. The molecule has 2 heterocycles. The average Bonchev–Trinajstić information content (AvgIpc) is 3.20. The molecule has 0 atom stereocenters. The molecule has 0 bridgehead atoms. The number of nitrogens with one attached hydrogen (secondary N) is 3. The van der Waals surface area contributed by atoms with E-state index in [9.17, 15) is 19.2 Å². The molecule has 122 valence electrons. The van der Waals surface area contributed by atoms with Gasteiger partial charge in [-0.2, -0.15) is 0 Å². The molecule has 24 heavy (non-hydrogen) atoms. The van der Waals surface area contributed by atoms with Gasteiger partial charge in [0.15, 0.2) is 0 Å². The zero-order chi connectivity index (χ0) is 17.1. The van der Waals surface area contributed by atoms with Crippen LogP contribution in [0.25, 0.3) is 0 Å². The molecule has 1 aromatic carbocycles. The van der Waals surface area contributed by atoms with Gasteiger partial charge in [-0.15, -0.1) is 0 Å². The van der Waals surface area contributed by atoms with E-state index < -0.39 is 23.6 Å². The first kappa shape index (κ1) is 15.5. The number of hydrazine groups is 1. The summed E-state index contributed by atoms with van der Waals surface area (Å²) in [5.41, 5.74) is 5.45. The molecular weight excluding hydrogens is 312 g/mol. The molecule has 8 heteroatoms. The van der Waals surface area contributed by atoms with Crippen molar-refractivity contribution in [2.75, 3.05) is 6.54 Å². The summed E-state index contributed by atoms with van der Waals surface area (Å²) in [6.07, 6.45) is 1.47. The third-order valence-electron chi connectivity index (χ3n) is 3.60. The number of nitrogens with zero attached hydrogens (tertiary/aromatic N) is 1. The highest BCUT2D eigenvalue weighted by molar-refractivity contribution is 6.21. The van der Waals surface area contributed by atoms with E-state index in [1.807, 2.05) is 0 Å². The first-order chi connectivity index (χ1) is 11.6. The quantitative estimate of drug-likeness (QED) is 0.560. The van der Waals surface area contributed by atoms with Crippen molar-refractivity contribution in [1.82, 2.24) is 20.7 Å². The molecule has 0 spiro atoms. The number of H-pyrrole nitrogens is 1. The molecule has 1 aliphatic heterocycles. The van der Waals surface area contributed by atoms with E-state index >= 15 is 0 Å². The Morgan fingerprint density at radius 3 is 2.21 bits per heavy atom. The summed E-state index contributed by atoms with van der Waals surface area (Å²) in [4.78, 5) is 51.4. The number of imide groups is 1. The normalized spacial score (nSPS) is 12.9. The molecule has 0 aliphatic carbocycles. The monoisotopic (exact) mass is 326 g/mol. The van der Waals surface area contributed by atoms with Crippen LogP contribution < -0.4 is 10.9 Å². The van der Waals surface area contributed by atoms with Crippen molar-refractivity contribution in [3.63, 3.8) is 0 Å². The Hall–Kier alpha value is -3.42. The second-order valence-electron chi connectivity index (χ2n) is 5.14. The number of hydrogen-bond acceptors (Lipinski definition) is 4. The van der Waals surface area contributed by atoms with Crippen LogP contribution in [0.3, 0.4) is 0 Å². The van der Waals surface area contributed by atoms with Crippen molar-refractivity contribution in [3.05, 3.63) is 59.4 Å². The number of aromatic nitrogens is 1. The zero-order valence-corrected chi connectivity index (χ0v) is 12.5. The summed E-state index contributed by atoms with van der Waals surface area (Å²) in [6.45, 7) is -0.0590. The van der Waals surface area contributed by atoms with Crippen molar-refractivity contribution in [3.8, 4) is 0 Å². The molecule has 0 fully saturated rings. The minimum absolute atomic E-state index is 0.0590. The molecule has 3 rings (SSSR count). The lowest BCUT2D eigenvalue weighted by molar-refractivity contribution is -0.121. The molecule has 2 aromatic rings. The summed E-state index contributed by atoms with van der Waals surface area (Å²) in [5, 5.41) is 0. The van der Waals surface area contributed by atoms with Crippen molar-refractivity contribution in [1.29, 1.82) is 0 Å². The van der Waals surface area contributed by atoms with E-state index in [-0.39, 0.29) is 13.0 Å². The minimum Gasteiger partial charge on any atom is -0.357 e. The number of carbonyl (C=O) groups is 4. The van der Waals surface area contributed by atoms with Crippen molar-refractivity contribution >= 4 is 23.6 Å². The van der Waals surface area contributed by atoms with Gasteiger partial charge in [-0.25, -0.2) is 0 Å². The molecule has 3 N–H and O–H groups in total. The predicted molar refractivity (Wildman–Crippen MR) is 82.8 cm³/mol. The van der Waals surface area contributed by atoms with Crippen molar-refractivity contribution in [2.45, 2.75) is 6.42 Å². The van der Waals surface area contributed by atoms with Crippen LogP contribution >= 0.6 is 0 Å². The molecule has 8 nitrogen and oxygen atoms in total. The van der Waals surface area contributed by atoms with E-state index in [1.165, 1.54) is 0 Å². The van der Waals surface area contributed by atoms with Crippen LogP contribution in [0.4, 0.5) is 0 Å². The van der Waals surface area contributed by atoms with E-state index in [1.54, 1.807) is 42.6 Å². The fourth-order valence-corrected chi connectivity index (χ4v) is 2.38. The number of amides is 4. The molecule has 0 saturated heterocycles. The van der Waals surface area contributed by atoms with Crippen LogP contribution in [0, 0.1) is 0 Å². The van der Waals surface area contributed by atoms with Gasteiger partial charge in [-0.3, -0.25) is 34.9 Å². The first-order valence-electron chi connectivity index (χ1n) is 7.25. The Balaban J connectivity index is 1.51. The van der Waals surface area contributed by atoms with Gasteiger partial charge in [0.2, 0.25) is 5.91 Å². The van der Waals surface area contributed by atoms with Crippen LogP contribution in [-0.2, 0) is 4.79 Å². The Bertz CT molecular complexity index is 778. The Morgan fingerprint density at radius 1 is 0.958 bits per heavy atom. The fourth-order valence-electron chi connectivity index (χ4n) is 2.38. The molecule has 0 saturated carbocycles. The molecular formula is C16H14N4O4. The number of aromatic amines is 1. The van der Waals surface area contributed by atoms with Gasteiger partial charge in [-0.05, 0) is 24.3 Å². The Labute approximate surface area is 136 Å². The lowest BCUT2D eigenvalue weighted by Crippen LogP contribution is -2.43. The van der Waals surface area contributed by atoms with E-state index in [0.29, 0.717) is 16.8 Å². The summed E-state index contributed by atoms with van der Waals surface area (Å²) >= 11 is 0. The van der Waals surface area contributed by atoms with Crippen molar-refractivity contribution < 1.29 is 19.2 Å². The maximum atomic E-state index is 12.1. The average molecular weight is 326 g/mol. The highest BCUT2D eigenvalue weighted by Crippen LogP contribution is 2.22. The van der Waals surface area contributed by atoms with E-state index in [0.717, 1.165) is 4.90 Å². The van der Waals surface area contributed by atoms with E-state index in [4.69, 9.17) is 0 Å². The second-order valence-corrected chi connectivity index (χ2v) is 5.14. The van der Waals surface area contributed by atoms with Crippen molar-refractivity contribution in [2.24, 2.45) is 0 Å². The first-order valence-corrected chi connectivity index (χ1v) is 7.25. The summed E-state index contributed by atoms with van der Waals surface area (Å²) in [6, 6.07) is 9.71. The SMILES string of the molecule is O=C(CCN1C(=O)c2ccccc2C1=O)NNC(=O)c1ccc[nH]1. The Morgan fingerprint density at radius 2 is 1.62 bits per heavy atom. The highest BCUT2D eigenvalue weighted by atomic mass is 16.2. The number of carbonyl (C=O) groups excluding carboxylic acids is 4. The third-order valence-corrected chi connectivity index (χ3v) is 3.60. The van der Waals surface area contributed by atoms with E-state index in [2.05, 4.69) is 15.8 Å². The van der Waals surface area contributed by atoms with Gasteiger partial charge < -0.3 is 4.98 Å². The van der Waals surface area contributed by atoms with Crippen LogP contribution in [0.5, 0.6) is 0 Å². The molecule has 0 unspecified atom stereocenters. The zero-order valence-electron chi connectivity index (χ0n) is 12.5. The topological polar surface area (TPSA) is 111 Å². The van der Waals surface area contributed by atoms with Gasteiger partial charge in [0.1, 0.15) is 5.69 Å². The number of rotatable bonds is 4. The largest absolute Gasteiger partial charge is 0.357 e. The van der Waals surface area contributed by atoms with Gasteiger partial charge >= 0.3 is 0 Å². The number of fused-ring (bicyclic) bond motifs is 1. The molecule has 4 amide bonds. The summed E-state index contributed by atoms with van der Waals surface area (Å²) in [7, 11) is 0. The van der Waals surface area contributed by atoms with Gasteiger partial charge in [0, 0.05) is 19.2 Å². The minimum atomic E-state index is -0.508. The standard InChI is InChI=1S/C16H14N4O4/c21-13(18-19-14(22)12-6-3-8-17-12)7-9-20-15(23)10-4-1-2-5-11(10)16(20)24/h1-6,8,17H,7,9H2,(H,18,21)(H,19,22). The smallest absolute Gasteiger partial charge is 0.286 e. The molecule has 0 radical (unpaired) electrons. The van der Waals surface area contributed by atoms with Gasteiger partial charge in [0.25, 0.3) is 17.7 Å². The van der Waals surface area contributed by atoms with Gasteiger partial charge in [-0.1, -0.05) is 12.1 Å². The van der Waals surface area contributed by atoms with Gasteiger partial charge in [0.05, 0.1) is 11.1 Å². The number of hydrogen-bond donors (Lipinski definition) is 3. The van der Waals surface area contributed by atoms with Crippen LogP contribution in [0.15, 0.2) is 42.6 Å². The predicted octanol–water partition coefficient (Wildman–Crippen LogP) is 0.462. The maximum Gasteiger partial charge on any atom is 0.286 e. The highest BCUT2D eigenvalue weighted by Gasteiger charge is 2.34. The maximum absolute atomic E-state index is 12.1. The third kappa shape index (κ3) is 2.89. The van der Waals surface area contributed by atoms with Crippen LogP contribution in [-0.4, -0.2) is 40.1 Å². The Kier molecular flexibility index (Phi) is 4.11. The molecule has 1 aliphatic rings.